The van der Waals surface area contributed by atoms with E-state index in [1.807, 2.05) is 40.7 Å². The summed E-state index contributed by atoms with van der Waals surface area (Å²) in [5.74, 6) is 0.291. The molecular formula is C27H32FN5O2. The maximum Gasteiger partial charge on any atom is 0.204 e. The number of methoxy groups -OCH3 is 1. The van der Waals surface area contributed by atoms with Crippen molar-refractivity contribution in [1.82, 2.24) is 19.1 Å². The number of halogens is 1. The van der Waals surface area contributed by atoms with Crippen LogP contribution in [0.25, 0.3) is 12.7 Å². The van der Waals surface area contributed by atoms with E-state index in [0.717, 1.165) is 29.8 Å². The number of nitrogens with one attached hydrogen (secondary N) is 1. The summed E-state index contributed by atoms with van der Waals surface area (Å²) in [4.78, 5) is 9.13. The Hall–Kier alpha value is -3.49. The number of hydrogen-bond donors (Lipinski definition) is 2. The number of aryl methyl sites for hydroxylation is 1. The predicted octanol–water partition coefficient (Wildman–Crippen LogP) is 2.87. The number of benzene rings is 1. The molecule has 35 heavy (non-hydrogen) atoms. The van der Waals surface area contributed by atoms with Gasteiger partial charge in [0.25, 0.3) is 0 Å². The third-order valence-electron chi connectivity index (χ3n) is 6.14. The highest BCUT2D eigenvalue weighted by Gasteiger charge is 2.23. The number of ether oxygens (including phenoxy) is 1. The fraction of sp³-hybridized carbons (Fsp3) is 0.333. The molecule has 2 heterocycles. The van der Waals surface area contributed by atoms with Gasteiger partial charge in [0.2, 0.25) is 5.95 Å². The van der Waals surface area contributed by atoms with E-state index in [-0.39, 0.29) is 24.6 Å². The van der Waals surface area contributed by atoms with Crippen molar-refractivity contribution in [2.45, 2.75) is 38.5 Å². The van der Waals surface area contributed by atoms with Crippen molar-refractivity contribution >= 4 is 18.6 Å². The van der Waals surface area contributed by atoms with Gasteiger partial charge in [-0.1, -0.05) is 37.8 Å². The van der Waals surface area contributed by atoms with Gasteiger partial charge < -0.3 is 24.3 Å². The van der Waals surface area contributed by atoms with E-state index >= 15 is 0 Å². The molecule has 0 fully saturated rings. The molecule has 1 aliphatic carbocycles. The zero-order valence-corrected chi connectivity index (χ0v) is 20.4. The normalized spacial score (nSPS) is 19.1. The van der Waals surface area contributed by atoms with Crippen LogP contribution in [0.3, 0.4) is 0 Å². The van der Waals surface area contributed by atoms with Crippen LogP contribution in [0.4, 0.5) is 10.3 Å². The lowest BCUT2D eigenvalue weighted by molar-refractivity contribution is 0.108. The predicted molar refractivity (Wildman–Crippen MR) is 136 cm³/mol. The highest BCUT2D eigenvalue weighted by atomic mass is 19.1. The van der Waals surface area contributed by atoms with Crippen LogP contribution in [0.1, 0.15) is 36.7 Å². The molecule has 184 valence electrons. The highest BCUT2D eigenvalue weighted by Crippen LogP contribution is 2.25. The molecule has 0 aliphatic heterocycles. The maximum absolute atomic E-state index is 13.5. The highest BCUT2D eigenvalue weighted by molar-refractivity contribution is 5.55. The number of anilines is 1. The second kappa shape index (κ2) is 10.8. The molecule has 2 aromatic heterocycles. The third kappa shape index (κ3) is 5.28. The molecule has 4 rings (SSSR count). The minimum absolute atomic E-state index is 0.00848. The number of imidazole rings is 2. The summed E-state index contributed by atoms with van der Waals surface area (Å²) < 4.78 is 23.2. The molecule has 2 N–H and O–H groups in total. The van der Waals surface area contributed by atoms with E-state index in [1.54, 1.807) is 19.2 Å². The second-order valence-electron chi connectivity index (χ2n) is 8.64. The quantitative estimate of drug-likeness (QED) is 0.496. The Labute approximate surface area is 204 Å². The van der Waals surface area contributed by atoms with Crippen molar-refractivity contribution in [2.24, 2.45) is 0 Å². The van der Waals surface area contributed by atoms with E-state index < -0.39 is 6.04 Å². The Kier molecular flexibility index (Phi) is 7.63. The first-order valence-corrected chi connectivity index (χ1v) is 11.8. The van der Waals surface area contributed by atoms with Crippen molar-refractivity contribution in [3.8, 4) is 0 Å². The lowest BCUT2D eigenvalue weighted by atomic mass is 9.99. The van der Waals surface area contributed by atoms with Gasteiger partial charge in [-0.15, -0.1) is 0 Å². The lowest BCUT2D eigenvalue weighted by Gasteiger charge is -2.25. The number of aliphatic hydroxyl groups excluding tert-OH is 1. The second-order valence-corrected chi connectivity index (χ2v) is 8.64. The topological polar surface area (TPSA) is 77.1 Å². The van der Waals surface area contributed by atoms with Gasteiger partial charge >= 0.3 is 0 Å². The minimum Gasteiger partial charge on any atom is -0.394 e. The van der Waals surface area contributed by atoms with E-state index in [9.17, 15) is 9.50 Å². The molecule has 0 amide bonds. The van der Waals surface area contributed by atoms with Crippen molar-refractivity contribution < 1.29 is 14.2 Å². The zero-order valence-electron chi connectivity index (χ0n) is 20.4. The van der Waals surface area contributed by atoms with Gasteiger partial charge in [-0.3, -0.25) is 0 Å². The molecule has 3 aromatic rings. The van der Waals surface area contributed by atoms with E-state index in [0.29, 0.717) is 16.6 Å². The smallest absolute Gasteiger partial charge is 0.204 e. The summed E-state index contributed by atoms with van der Waals surface area (Å²) in [6.45, 7) is 8.86. The Morgan fingerprint density at radius 1 is 1.31 bits per heavy atom. The molecule has 8 heteroatoms. The Morgan fingerprint density at radius 3 is 2.71 bits per heavy atom. The molecule has 3 atom stereocenters. The van der Waals surface area contributed by atoms with Gasteiger partial charge in [-0.2, -0.15) is 0 Å². The summed E-state index contributed by atoms with van der Waals surface area (Å²) in [7, 11) is 1.69. The van der Waals surface area contributed by atoms with E-state index in [2.05, 4.69) is 36.0 Å². The summed E-state index contributed by atoms with van der Waals surface area (Å²) in [6.07, 6.45) is 12.7. The lowest BCUT2D eigenvalue weighted by Crippen LogP contribution is -2.33. The molecule has 7 nitrogen and oxygen atoms in total. The minimum atomic E-state index is -0.450. The van der Waals surface area contributed by atoms with Crippen molar-refractivity contribution in [3.63, 3.8) is 0 Å². The SMILES string of the molecule is C=c1/c(=C/C2=CC(OC)C(n3cnc(C)c3)C=C2)nc(NCCC)n1[C@H](CO)c1ccc(F)cc1. The van der Waals surface area contributed by atoms with Crippen LogP contribution in [-0.4, -0.2) is 50.6 Å². The fourth-order valence-corrected chi connectivity index (χ4v) is 4.31. The first-order valence-electron chi connectivity index (χ1n) is 11.8. The number of hydrogen-bond acceptors (Lipinski definition) is 5. The van der Waals surface area contributed by atoms with Gasteiger partial charge in [0.1, 0.15) is 11.9 Å². The van der Waals surface area contributed by atoms with Crippen molar-refractivity contribution in [1.29, 1.82) is 0 Å². The average Bonchev–Trinajstić information content (AvgIpc) is 3.42. The van der Waals surface area contributed by atoms with Crippen molar-refractivity contribution in [3.05, 3.63) is 88.4 Å². The Bertz CT molecular complexity index is 1320. The third-order valence-corrected chi connectivity index (χ3v) is 6.14. The molecule has 0 bridgehead atoms. The van der Waals surface area contributed by atoms with Gasteiger partial charge in [0.15, 0.2) is 0 Å². The number of aromatic nitrogens is 4. The van der Waals surface area contributed by atoms with Crippen LogP contribution >= 0.6 is 0 Å². The van der Waals surface area contributed by atoms with Gasteiger partial charge in [0.05, 0.1) is 41.4 Å². The standard InChI is InChI=1S/C27H32FN5O2/c1-5-12-29-27-31-23(19(3)33(27)25(16-34)21-7-9-22(28)10-8-21)13-20-6-11-24(26(14-20)35-4)32-15-18(2)30-17-32/h6-11,13-15,17,24-26,34H,3,5,12,16H2,1-2,4H3,(H,29,31)/b23-13-/t24?,25-,26?/m1/s1. The van der Waals surface area contributed by atoms with E-state index in [4.69, 9.17) is 9.72 Å². The summed E-state index contributed by atoms with van der Waals surface area (Å²) in [5.41, 5.74) is 2.68. The molecule has 1 aliphatic rings. The van der Waals surface area contributed by atoms with Gasteiger partial charge in [-0.05, 0) is 48.8 Å². The van der Waals surface area contributed by atoms with Crippen LogP contribution in [0.2, 0.25) is 0 Å². The van der Waals surface area contributed by atoms with Crippen molar-refractivity contribution in [2.75, 3.05) is 25.6 Å². The largest absolute Gasteiger partial charge is 0.394 e. The van der Waals surface area contributed by atoms with Crippen LogP contribution in [0.5, 0.6) is 0 Å². The van der Waals surface area contributed by atoms with Crippen LogP contribution in [-0.2, 0) is 4.74 Å². The first-order chi connectivity index (χ1) is 16.9. The molecule has 0 saturated carbocycles. The number of allylic oxidation sites excluding steroid dienone is 2. The van der Waals surface area contributed by atoms with Crippen LogP contribution in [0.15, 0.2) is 60.6 Å². The van der Waals surface area contributed by atoms with Gasteiger partial charge in [0, 0.05) is 19.9 Å². The molecule has 0 radical (unpaired) electrons. The fourth-order valence-electron chi connectivity index (χ4n) is 4.31. The monoisotopic (exact) mass is 477 g/mol. The van der Waals surface area contributed by atoms with Crippen LogP contribution in [0, 0.1) is 12.7 Å². The summed E-state index contributed by atoms with van der Waals surface area (Å²) in [6, 6.07) is 5.70. The number of rotatable bonds is 9. The zero-order chi connectivity index (χ0) is 24.9. The molecule has 0 spiro atoms. The van der Waals surface area contributed by atoms with E-state index in [1.165, 1.54) is 12.1 Å². The average molecular weight is 478 g/mol. The molecule has 2 unspecified atom stereocenters. The summed E-state index contributed by atoms with van der Waals surface area (Å²) in [5, 5.41) is 14.9. The summed E-state index contributed by atoms with van der Waals surface area (Å²) >= 11 is 0. The van der Waals surface area contributed by atoms with Gasteiger partial charge in [-0.25, -0.2) is 14.4 Å². The number of aliphatic hydroxyl groups is 1. The van der Waals surface area contributed by atoms with Crippen LogP contribution < -0.4 is 16.0 Å². The molecular weight excluding hydrogens is 445 g/mol. The maximum atomic E-state index is 13.5. The Balaban J connectivity index is 1.73. The Morgan fingerprint density at radius 2 is 2.09 bits per heavy atom. The molecule has 1 aromatic carbocycles. The number of nitrogens with zero attached hydrogens (tertiary/aromatic N) is 4. The molecule has 0 saturated heterocycles. The first kappa shape index (κ1) is 24.6.